The second kappa shape index (κ2) is 2.91. The van der Waals surface area contributed by atoms with Crippen LogP contribution in [0.5, 0.6) is 0 Å². The van der Waals surface area contributed by atoms with Gasteiger partial charge in [-0.1, -0.05) is 13.8 Å². The van der Waals surface area contributed by atoms with Crippen LogP contribution in [0.25, 0.3) is 0 Å². The van der Waals surface area contributed by atoms with Gasteiger partial charge in [-0.05, 0) is 38.8 Å². The molecule has 1 nitrogen and oxygen atoms in total. The SMILES string of the molecule is CC(C)[C@H]1CCN(C)[C@H]1C. The Morgan fingerprint density at radius 3 is 2.20 bits per heavy atom. The Morgan fingerprint density at radius 2 is 2.00 bits per heavy atom. The zero-order chi connectivity index (χ0) is 7.72. The van der Waals surface area contributed by atoms with Crippen LogP contribution in [0.15, 0.2) is 0 Å². The van der Waals surface area contributed by atoms with Crippen LogP contribution < -0.4 is 0 Å². The maximum atomic E-state index is 2.46. The van der Waals surface area contributed by atoms with E-state index >= 15 is 0 Å². The lowest BCUT2D eigenvalue weighted by Crippen LogP contribution is -2.27. The summed E-state index contributed by atoms with van der Waals surface area (Å²) in [5.41, 5.74) is 0. The van der Waals surface area contributed by atoms with Gasteiger partial charge in [-0.15, -0.1) is 0 Å². The molecule has 0 spiro atoms. The first-order chi connectivity index (χ1) is 4.63. The molecule has 1 fully saturated rings. The summed E-state index contributed by atoms with van der Waals surface area (Å²) in [5, 5.41) is 0. The molecule has 1 heterocycles. The number of hydrogen-bond acceptors (Lipinski definition) is 1. The molecule has 60 valence electrons. The number of rotatable bonds is 1. The third-order valence-corrected chi connectivity index (χ3v) is 2.99. The quantitative estimate of drug-likeness (QED) is 0.539. The minimum atomic E-state index is 0.806. The van der Waals surface area contributed by atoms with E-state index in [1.54, 1.807) is 0 Å². The van der Waals surface area contributed by atoms with Crippen molar-refractivity contribution in [1.29, 1.82) is 0 Å². The second-order valence-electron chi connectivity index (χ2n) is 3.92. The summed E-state index contributed by atoms with van der Waals surface area (Å²) in [6, 6.07) is 0.806. The Morgan fingerprint density at radius 1 is 1.40 bits per heavy atom. The molecule has 0 aromatic carbocycles. The van der Waals surface area contributed by atoms with Gasteiger partial charge in [0.15, 0.2) is 0 Å². The lowest BCUT2D eigenvalue weighted by molar-refractivity contribution is 0.255. The first kappa shape index (κ1) is 8.06. The van der Waals surface area contributed by atoms with Crippen molar-refractivity contribution in [2.75, 3.05) is 13.6 Å². The largest absolute Gasteiger partial charge is 0.303 e. The van der Waals surface area contributed by atoms with Gasteiger partial charge in [-0.2, -0.15) is 0 Å². The Bertz CT molecular complexity index is 109. The van der Waals surface area contributed by atoms with E-state index in [-0.39, 0.29) is 0 Å². The van der Waals surface area contributed by atoms with Crippen molar-refractivity contribution < 1.29 is 0 Å². The summed E-state index contributed by atoms with van der Waals surface area (Å²) < 4.78 is 0. The Hall–Kier alpha value is -0.0400. The molecule has 0 aromatic heterocycles. The fourth-order valence-corrected chi connectivity index (χ4v) is 2.01. The normalized spacial score (nSPS) is 35.7. The van der Waals surface area contributed by atoms with E-state index in [9.17, 15) is 0 Å². The highest BCUT2D eigenvalue weighted by atomic mass is 15.1. The molecular weight excluding hydrogens is 122 g/mol. The van der Waals surface area contributed by atoms with Crippen LogP contribution in [0.3, 0.4) is 0 Å². The maximum Gasteiger partial charge on any atom is 0.00950 e. The minimum absolute atomic E-state index is 0.806. The smallest absolute Gasteiger partial charge is 0.00950 e. The monoisotopic (exact) mass is 141 g/mol. The summed E-state index contributed by atoms with van der Waals surface area (Å²) in [4.78, 5) is 2.46. The molecule has 1 aliphatic heterocycles. The number of nitrogens with zero attached hydrogens (tertiary/aromatic N) is 1. The first-order valence-corrected chi connectivity index (χ1v) is 4.33. The van der Waals surface area contributed by atoms with Crippen molar-refractivity contribution in [2.45, 2.75) is 33.2 Å². The Kier molecular flexibility index (Phi) is 2.35. The summed E-state index contributed by atoms with van der Waals surface area (Å²) in [7, 11) is 2.23. The highest BCUT2D eigenvalue weighted by Crippen LogP contribution is 2.28. The molecule has 1 rings (SSSR count). The molecule has 0 unspecified atom stereocenters. The molecule has 0 bridgehead atoms. The van der Waals surface area contributed by atoms with Gasteiger partial charge < -0.3 is 4.90 Å². The topological polar surface area (TPSA) is 3.24 Å². The van der Waals surface area contributed by atoms with E-state index in [1.807, 2.05) is 0 Å². The molecule has 10 heavy (non-hydrogen) atoms. The van der Waals surface area contributed by atoms with Crippen molar-refractivity contribution >= 4 is 0 Å². The third kappa shape index (κ3) is 1.34. The van der Waals surface area contributed by atoms with Crippen LogP contribution in [-0.4, -0.2) is 24.5 Å². The van der Waals surface area contributed by atoms with Crippen LogP contribution in [0.1, 0.15) is 27.2 Å². The summed E-state index contributed by atoms with van der Waals surface area (Å²) in [6.07, 6.45) is 1.40. The van der Waals surface area contributed by atoms with Gasteiger partial charge in [-0.3, -0.25) is 0 Å². The van der Waals surface area contributed by atoms with Crippen molar-refractivity contribution in [1.82, 2.24) is 4.90 Å². The van der Waals surface area contributed by atoms with Crippen molar-refractivity contribution in [3.05, 3.63) is 0 Å². The first-order valence-electron chi connectivity index (χ1n) is 4.33. The molecule has 0 saturated carbocycles. The lowest BCUT2D eigenvalue weighted by atomic mass is 9.90. The average molecular weight is 141 g/mol. The zero-order valence-electron chi connectivity index (χ0n) is 7.59. The van der Waals surface area contributed by atoms with Crippen molar-refractivity contribution in [2.24, 2.45) is 11.8 Å². The number of likely N-dealkylation sites (tertiary alicyclic amines) is 1. The molecule has 1 saturated heterocycles. The highest BCUT2D eigenvalue weighted by molar-refractivity contribution is 4.83. The molecular formula is C9H19N. The van der Waals surface area contributed by atoms with Crippen molar-refractivity contribution in [3.63, 3.8) is 0 Å². The zero-order valence-corrected chi connectivity index (χ0v) is 7.59. The van der Waals surface area contributed by atoms with E-state index in [0.29, 0.717) is 0 Å². The second-order valence-corrected chi connectivity index (χ2v) is 3.92. The minimum Gasteiger partial charge on any atom is -0.303 e. The average Bonchev–Trinajstić information content (AvgIpc) is 2.14. The predicted molar refractivity (Wildman–Crippen MR) is 45.0 cm³/mol. The molecule has 2 atom stereocenters. The van der Waals surface area contributed by atoms with Crippen LogP contribution in [0, 0.1) is 11.8 Å². The van der Waals surface area contributed by atoms with Gasteiger partial charge in [0, 0.05) is 6.04 Å². The van der Waals surface area contributed by atoms with E-state index in [2.05, 4.69) is 32.7 Å². The van der Waals surface area contributed by atoms with Crippen LogP contribution in [-0.2, 0) is 0 Å². The molecule has 0 aromatic rings. The van der Waals surface area contributed by atoms with E-state index in [1.165, 1.54) is 13.0 Å². The van der Waals surface area contributed by atoms with E-state index in [0.717, 1.165) is 17.9 Å². The molecule has 1 heteroatoms. The lowest BCUT2D eigenvalue weighted by Gasteiger charge is -2.22. The molecule has 1 aliphatic rings. The Labute approximate surface area is 64.4 Å². The van der Waals surface area contributed by atoms with Gasteiger partial charge >= 0.3 is 0 Å². The molecule has 0 N–H and O–H groups in total. The Balaban J connectivity index is 2.49. The summed E-state index contributed by atoms with van der Waals surface area (Å²) in [6.45, 7) is 8.31. The summed E-state index contributed by atoms with van der Waals surface area (Å²) in [5.74, 6) is 1.80. The van der Waals surface area contributed by atoms with Gasteiger partial charge in [0.05, 0.1) is 0 Å². The van der Waals surface area contributed by atoms with Gasteiger partial charge in [0.25, 0.3) is 0 Å². The van der Waals surface area contributed by atoms with Gasteiger partial charge in [0.1, 0.15) is 0 Å². The van der Waals surface area contributed by atoms with Gasteiger partial charge in [-0.25, -0.2) is 0 Å². The van der Waals surface area contributed by atoms with E-state index in [4.69, 9.17) is 0 Å². The van der Waals surface area contributed by atoms with Crippen LogP contribution >= 0.6 is 0 Å². The van der Waals surface area contributed by atoms with Crippen LogP contribution in [0.2, 0.25) is 0 Å². The van der Waals surface area contributed by atoms with E-state index < -0.39 is 0 Å². The third-order valence-electron chi connectivity index (χ3n) is 2.99. The molecule has 0 amide bonds. The predicted octanol–water partition coefficient (Wildman–Crippen LogP) is 1.98. The standard InChI is InChI=1S/C9H19N/c1-7(2)9-5-6-10(4)8(9)3/h7-9H,5-6H2,1-4H3/t8-,9+/m0/s1. The number of hydrogen-bond donors (Lipinski definition) is 0. The van der Waals surface area contributed by atoms with Crippen molar-refractivity contribution in [3.8, 4) is 0 Å². The van der Waals surface area contributed by atoms with Gasteiger partial charge in [0.2, 0.25) is 0 Å². The maximum absolute atomic E-state index is 2.46. The van der Waals surface area contributed by atoms with Crippen LogP contribution in [0.4, 0.5) is 0 Å². The summed E-state index contributed by atoms with van der Waals surface area (Å²) >= 11 is 0. The fraction of sp³-hybridized carbons (Fsp3) is 1.00. The molecule has 0 aliphatic carbocycles. The molecule has 0 radical (unpaired) electrons. The highest BCUT2D eigenvalue weighted by Gasteiger charge is 2.29. The fourth-order valence-electron chi connectivity index (χ4n) is 2.01.